The lowest BCUT2D eigenvalue weighted by Gasteiger charge is -2.04. The average Bonchev–Trinajstić information content (AvgIpc) is 2.76. The van der Waals surface area contributed by atoms with E-state index in [9.17, 15) is 8.42 Å². The number of benzene rings is 1. The van der Waals surface area contributed by atoms with Crippen LogP contribution in [0.5, 0.6) is 0 Å². The number of nitrogens with two attached hydrogens (primary N) is 1. The maximum Gasteiger partial charge on any atom is 0.195 e. The number of hydrogen-bond acceptors (Lipinski definition) is 5. The molecule has 1 aromatic heterocycles. The highest BCUT2D eigenvalue weighted by Gasteiger charge is 2.12. The summed E-state index contributed by atoms with van der Waals surface area (Å²) in [6.45, 7) is 2.71. The molecule has 0 bridgehead atoms. The highest BCUT2D eigenvalue weighted by atomic mass is 32.2. The molecule has 5 nitrogen and oxygen atoms in total. The molecule has 0 radical (unpaired) electrons. The van der Waals surface area contributed by atoms with E-state index in [1.165, 1.54) is 12.3 Å². The van der Waals surface area contributed by atoms with Crippen LogP contribution >= 0.6 is 0 Å². The van der Waals surface area contributed by atoms with Crippen LogP contribution in [-0.4, -0.2) is 26.2 Å². The van der Waals surface area contributed by atoms with Gasteiger partial charge in [0, 0.05) is 12.7 Å². The average molecular weight is 282 g/mol. The van der Waals surface area contributed by atoms with Gasteiger partial charge in [-0.1, -0.05) is 6.92 Å². The van der Waals surface area contributed by atoms with Gasteiger partial charge in [0.2, 0.25) is 0 Å². The van der Waals surface area contributed by atoms with Crippen molar-refractivity contribution in [1.82, 2.24) is 4.98 Å². The van der Waals surface area contributed by atoms with Gasteiger partial charge >= 0.3 is 0 Å². The SMILES string of the molecule is CC(CN)CCc1nc2cc(S(C)(=O)=O)ccc2o1. The van der Waals surface area contributed by atoms with Gasteiger partial charge in [-0.3, -0.25) is 0 Å². The molecule has 0 fully saturated rings. The fraction of sp³-hybridized carbons (Fsp3) is 0.462. The van der Waals surface area contributed by atoms with E-state index in [0.29, 0.717) is 35.9 Å². The second-order valence-electron chi connectivity index (χ2n) is 4.89. The van der Waals surface area contributed by atoms with Crippen molar-refractivity contribution in [2.45, 2.75) is 24.7 Å². The lowest BCUT2D eigenvalue weighted by molar-refractivity contribution is 0.471. The van der Waals surface area contributed by atoms with E-state index in [1.54, 1.807) is 12.1 Å². The molecule has 104 valence electrons. The summed E-state index contributed by atoms with van der Waals surface area (Å²) in [7, 11) is -3.21. The lowest BCUT2D eigenvalue weighted by atomic mass is 10.1. The number of aryl methyl sites for hydroxylation is 1. The quantitative estimate of drug-likeness (QED) is 0.903. The minimum atomic E-state index is -3.21. The number of nitrogens with zero attached hydrogens (tertiary/aromatic N) is 1. The largest absolute Gasteiger partial charge is 0.441 e. The first kappa shape index (κ1) is 14.0. The number of hydrogen-bond donors (Lipinski definition) is 1. The third-order valence-electron chi connectivity index (χ3n) is 3.08. The monoisotopic (exact) mass is 282 g/mol. The Hall–Kier alpha value is -1.40. The summed E-state index contributed by atoms with van der Waals surface area (Å²) in [5, 5.41) is 0. The first-order chi connectivity index (χ1) is 8.90. The fourth-order valence-electron chi connectivity index (χ4n) is 1.78. The molecule has 0 spiro atoms. The summed E-state index contributed by atoms with van der Waals surface area (Å²) in [6.07, 6.45) is 2.79. The highest BCUT2D eigenvalue weighted by Crippen LogP contribution is 2.21. The van der Waals surface area contributed by atoms with Gasteiger partial charge in [0.1, 0.15) is 5.52 Å². The zero-order chi connectivity index (χ0) is 14.0. The molecule has 1 aromatic carbocycles. The predicted octanol–water partition coefficient (Wildman–Crippen LogP) is 1.76. The van der Waals surface area contributed by atoms with Crippen LogP contribution in [0.3, 0.4) is 0 Å². The third-order valence-corrected chi connectivity index (χ3v) is 4.20. The van der Waals surface area contributed by atoms with E-state index in [4.69, 9.17) is 10.2 Å². The van der Waals surface area contributed by atoms with Gasteiger partial charge in [0.25, 0.3) is 0 Å². The standard InChI is InChI=1S/C13H18N2O3S/c1-9(8-14)3-6-13-15-11-7-10(19(2,16)17)4-5-12(11)18-13/h4-5,7,9H,3,6,8,14H2,1-2H3. The molecular formula is C13H18N2O3S. The molecule has 0 saturated heterocycles. The second kappa shape index (κ2) is 5.30. The Morgan fingerprint density at radius 3 is 2.79 bits per heavy atom. The van der Waals surface area contributed by atoms with Crippen molar-refractivity contribution in [3.8, 4) is 0 Å². The highest BCUT2D eigenvalue weighted by molar-refractivity contribution is 7.90. The van der Waals surface area contributed by atoms with Crippen LogP contribution in [0.2, 0.25) is 0 Å². The zero-order valence-electron chi connectivity index (χ0n) is 11.1. The van der Waals surface area contributed by atoms with Crippen molar-refractivity contribution in [1.29, 1.82) is 0 Å². The molecule has 0 saturated carbocycles. The van der Waals surface area contributed by atoms with E-state index in [0.717, 1.165) is 6.42 Å². The first-order valence-corrected chi connectivity index (χ1v) is 8.09. The predicted molar refractivity (Wildman–Crippen MR) is 73.7 cm³/mol. The molecule has 1 heterocycles. The number of fused-ring (bicyclic) bond motifs is 1. The molecule has 1 unspecified atom stereocenters. The zero-order valence-corrected chi connectivity index (χ0v) is 11.9. The van der Waals surface area contributed by atoms with Gasteiger partial charge in [-0.05, 0) is 37.1 Å². The molecule has 0 amide bonds. The van der Waals surface area contributed by atoms with Crippen molar-refractivity contribution in [2.24, 2.45) is 11.7 Å². The summed E-state index contributed by atoms with van der Waals surface area (Å²) in [5.74, 6) is 1.04. The van der Waals surface area contributed by atoms with E-state index in [-0.39, 0.29) is 4.90 Å². The third kappa shape index (κ3) is 3.33. The fourth-order valence-corrected chi connectivity index (χ4v) is 2.42. The molecule has 6 heteroatoms. The minimum absolute atomic E-state index is 0.259. The van der Waals surface area contributed by atoms with Crippen molar-refractivity contribution >= 4 is 20.9 Å². The normalized spacial score (nSPS) is 13.8. The van der Waals surface area contributed by atoms with Crippen molar-refractivity contribution in [3.63, 3.8) is 0 Å². The summed E-state index contributed by atoms with van der Waals surface area (Å²) < 4.78 is 28.5. The molecule has 0 aliphatic carbocycles. The number of aromatic nitrogens is 1. The number of rotatable bonds is 5. The van der Waals surface area contributed by atoms with Gasteiger partial charge in [-0.25, -0.2) is 13.4 Å². The first-order valence-electron chi connectivity index (χ1n) is 6.19. The molecular weight excluding hydrogens is 264 g/mol. The van der Waals surface area contributed by atoms with Crippen LogP contribution in [-0.2, 0) is 16.3 Å². The maximum absolute atomic E-state index is 11.5. The molecule has 2 rings (SSSR count). The second-order valence-corrected chi connectivity index (χ2v) is 6.90. The Morgan fingerprint density at radius 1 is 1.42 bits per heavy atom. The van der Waals surface area contributed by atoms with Crippen LogP contribution in [0.1, 0.15) is 19.2 Å². The van der Waals surface area contributed by atoms with E-state index in [2.05, 4.69) is 11.9 Å². The topological polar surface area (TPSA) is 86.2 Å². The summed E-state index contributed by atoms with van der Waals surface area (Å²) in [5.41, 5.74) is 6.76. The van der Waals surface area contributed by atoms with Gasteiger partial charge in [-0.2, -0.15) is 0 Å². The number of oxazole rings is 1. The van der Waals surface area contributed by atoms with Gasteiger partial charge in [-0.15, -0.1) is 0 Å². The maximum atomic E-state index is 11.5. The van der Waals surface area contributed by atoms with Gasteiger partial charge < -0.3 is 10.2 Å². The Kier molecular flexibility index (Phi) is 3.91. The van der Waals surface area contributed by atoms with Crippen molar-refractivity contribution in [2.75, 3.05) is 12.8 Å². The van der Waals surface area contributed by atoms with Crippen molar-refractivity contribution < 1.29 is 12.8 Å². The van der Waals surface area contributed by atoms with Crippen LogP contribution in [0, 0.1) is 5.92 Å². The molecule has 0 aliphatic heterocycles. The Labute approximate surface area is 112 Å². The number of sulfone groups is 1. The van der Waals surface area contributed by atoms with Gasteiger partial charge in [0.05, 0.1) is 4.90 Å². The summed E-state index contributed by atoms with van der Waals surface area (Å²) in [4.78, 5) is 4.58. The Morgan fingerprint density at radius 2 is 2.16 bits per heavy atom. The summed E-state index contributed by atoms with van der Waals surface area (Å²) in [6, 6.07) is 4.73. The van der Waals surface area contributed by atoms with Crippen LogP contribution in [0.25, 0.3) is 11.1 Å². The van der Waals surface area contributed by atoms with Crippen LogP contribution in [0.4, 0.5) is 0 Å². The summed E-state index contributed by atoms with van der Waals surface area (Å²) >= 11 is 0. The molecule has 1 atom stereocenters. The van der Waals surface area contributed by atoms with E-state index in [1.807, 2.05) is 0 Å². The molecule has 2 N–H and O–H groups in total. The van der Waals surface area contributed by atoms with Crippen LogP contribution < -0.4 is 5.73 Å². The molecule has 2 aromatic rings. The van der Waals surface area contributed by atoms with E-state index >= 15 is 0 Å². The molecule has 0 aliphatic rings. The van der Waals surface area contributed by atoms with E-state index < -0.39 is 9.84 Å². The Balaban J connectivity index is 2.26. The Bertz CT molecular complexity index is 676. The smallest absolute Gasteiger partial charge is 0.195 e. The van der Waals surface area contributed by atoms with Crippen LogP contribution in [0.15, 0.2) is 27.5 Å². The molecule has 19 heavy (non-hydrogen) atoms. The van der Waals surface area contributed by atoms with Gasteiger partial charge in [0.15, 0.2) is 21.3 Å². The minimum Gasteiger partial charge on any atom is -0.441 e. The van der Waals surface area contributed by atoms with Crippen molar-refractivity contribution in [3.05, 3.63) is 24.1 Å². The lowest BCUT2D eigenvalue weighted by Crippen LogP contribution is -2.11.